The molecule has 0 radical (unpaired) electrons. The van der Waals surface area contributed by atoms with Crippen LogP contribution < -0.4 is 15.4 Å². The van der Waals surface area contributed by atoms with Gasteiger partial charge in [0.15, 0.2) is 0 Å². The molecule has 0 saturated carbocycles. The molecule has 148 valence electrons. The molecule has 2 aromatic rings. The second-order valence-electron chi connectivity index (χ2n) is 8.20. The first-order valence-corrected chi connectivity index (χ1v) is 9.37. The van der Waals surface area contributed by atoms with Gasteiger partial charge in [0.1, 0.15) is 5.75 Å². The van der Waals surface area contributed by atoms with Crippen molar-refractivity contribution in [2.24, 2.45) is 11.3 Å². The van der Waals surface area contributed by atoms with Gasteiger partial charge in [0.2, 0.25) is 5.91 Å². The maximum atomic E-state index is 11.9. The molecule has 28 heavy (non-hydrogen) atoms. The van der Waals surface area contributed by atoms with Crippen molar-refractivity contribution in [3.8, 4) is 5.75 Å². The van der Waals surface area contributed by atoms with Gasteiger partial charge in [-0.3, -0.25) is 4.79 Å². The predicted molar refractivity (Wildman–Crippen MR) is 109 cm³/mol. The van der Waals surface area contributed by atoms with Gasteiger partial charge in [0, 0.05) is 17.3 Å². The zero-order valence-electron chi connectivity index (χ0n) is 16.6. The number of hydrogen-bond acceptors (Lipinski definition) is 4. The number of nitrogens with one attached hydrogen (secondary N) is 2. The smallest absolute Gasteiger partial charge is 0.449 e. The Bertz CT molecular complexity index is 888. The highest BCUT2D eigenvalue weighted by atomic mass is 16.7. The van der Waals surface area contributed by atoms with E-state index in [1.807, 2.05) is 44.2 Å². The highest BCUT2D eigenvalue weighted by molar-refractivity contribution is 5.92. The summed E-state index contributed by atoms with van der Waals surface area (Å²) in [6.07, 6.45) is -0.534. The first-order valence-electron chi connectivity index (χ1n) is 9.37. The summed E-state index contributed by atoms with van der Waals surface area (Å²) in [4.78, 5) is 22.6. The molecule has 1 amide bonds. The van der Waals surface area contributed by atoms with Gasteiger partial charge in [-0.15, -0.1) is 0 Å². The van der Waals surface area contributed by atoms with Crippen LogP contribution in [0.25, 0.3) is 0 Å². The van der Waals surface area contributed by atoms with E-state index in [1.54, 1.807) is 12.1 Å². The molecule has 0 aromatic heterocycles. The van der Waals surface area contributed by atoms with E-state index < -0.39 is 6.16 Å². The quantitative estimate of drug-likeness (QED) is 0.507. The molecular formula is C22H26N2O4. The Morgan fingerprint density at radius 1 is 1.18 bits per heavy atom. The zero-order valence-corrected chi connectivity index (χ0v) is 16.6. The fourth-order valence-electron chi connectivity index (χ4n) is 3.55. The van der Waals surface area contributed by atoms with Crippen molar-refractivity contribution in [2.75, 3.05) is 10.6 Å². The number of rotatable bonds is 4. The SMILES string of the molecule is CC(C)C(=O)Nc1ccc(C2Nc3ccc(OC(=O)O)cc3CC2(C)C)cc1. The molecule has 0 fully saturated rings. The van der Waals surface area contributed by atoms with E-state index in [0.717, 1.165) is 28.9 Å². The molecule has 0 spiro atoms. The topological polar surface area (TPSA) is 87.7 Å². The third-order valence-corrected chi connectivity index (χ3v) is 5.05. The van der Waals surface area contributed by atoms with Crippen LogP contribution in [0.4, 0.5) is 16.2 Å². The number of carbonyl (C=O) groups is 2. The Morgan fingerprint density at radius 3 is 2.46 bits per heavy atom. The van der Waals surface area contributed by atoms with Crippen LogP contribution >= 0.6 is 0 Å². The number of hydrogen-bond donors (Lipinski definition) is 3. The van der Waals surface area contributed by atoms with Crippen LogP contribution in [0.1, 0.15) is 44.9 Å². The van der Waals surface area contributed by atoms with Gasteiger partial charge in [-0.05, 0) is 53.3 Å². The second-order valence-corrected chi connectivity index (χ2v) is 8.20. The molecule has 1 unspecified atom stereocenters. The number of ether oxygens (including phenoxy) is 1. The van der Waals surface area contributed by atoms with Crippen LogP contribution in [0.3, 0.4) is 0 Å². The fraction of sp³-hybridized carbons (Fsp3) is 0.364. The van der Waals surface area contributed by atoms with E-state index in [2.05, 4.69) is 24.5 Å². The Hall–Kier alpha value is -3.02. The number of anilines is 2. The van der Waals surface area contributed by atoms with Gasteiger partial charge in [-0.25, -0.2) is 4.79 Å². The van der Waals surface area contributed by atoms with E-state index in [0.29, 0.717) is 5.75 Å². The summed E-state index contributed by atoms with van der Waals surface area (Å²) in [6, 6.07) is 13.3. The molecule has 3 N–H and O–H groups in total. The van der Waals surface area contributed by atoms with E-state index in [1.165, 1.54) is 0 Å². The molecule has 6 heteroatoms. The second kappa shape index (κ2) is 7.54. The summed E-state index contributed by atoms with van der Waals surface area (Å²) >= 11 is 0. The summed E-state index contributed by atoms with van der Waals surface area (Å²) in [6.45, 7) is 8.07. The minimum absolute atomic E-state index is 0.00261. The third-order valence-electron chi connectivity index (χ3n) is 5.05. The summed E-state index contributed by atoms with van der Waals surface area (Å²) in [5.74, 6) is 0.259. The van der Waals surface area contributed by atoms with Crippen molar-refractivity contribution in [3.05, 3.63) is 53.6 Å². The monoisotopic (exact) mass is 382 g/mol. The van der Waals surface area contributed by atoms with Gasteiger partial charge < -0.3 is 20.5 Å². The maximum absolute atomic E-state index is 11.9. The number of carbonyl (C=O) groups excluding carboxylic acids is 1. The molecular weight excluding hydrogens is 356 g/mol. The molecule has 0 aliphatic carbocycles. The van der Waals surface area contributed by atoms with Crippen molar-refractivity contribution in [1.82, 2.24) is 0 Å². The molecule has 1 heterocycles. The predicted octanol–water partition coefficient (Wildman–Crippen LogP) is 5.07. The Balaban J connectivity index is 1.81. The van der Waals surface area contributed by atoms with Crippen LogP contribution in [-0.4, -0.2) is 17.2 Å². The van der Waals surface area contributed by atoms with E-state index >= 15 is 0 Å². The Morgan fingerprint density at radius 2 is 1.86 bits per heavy atom. The average Bonchev–Trinajstić information content (AvgIpc) is 2.60. The van der Waals surface area contributed by atoms with Crippen molar-refractivity contribution >= 4 is 23.4 Å². The van der Waals surface area contributed by atoms with Gasteiger partial charge in [0.05, 0.1) is 6.04 Å². The van der Waals surface area contributed by atoms with Crippen molar-refractivity contribution < 1.29 is 19.4 Å². The lowest BCUT2D eigenvalue weighted by molar-refractivity contribution is -0.118. The fourth-order valence-corrected chi connectivity index (χ4v) is 3.55. The van der Waals surface area contributed by atoms with Crippen LogP contribution in [-0.2, 0) is 11.2 Å². The van der Waals surface area contributed by atoms with Gasteiger partial charge in [-0.2, -0.15) is 0 Å². The standard InChI is InChI=1S/C22H26N2O4/c1-13(2)20(25)23-16-7-5-14(6-8-16)19-22(3,4)12-15-11-17(28-21(26)27)9-10-18(15)24-19/h5-11,13,19,24H,12H2,1-4H3,(H,23,25)(H,26,27). The van der Waals surface area contributed by atoms with Gasteiger partial charge in [-0.1, -0.05) is 39.8 Å². The van der Waals surface area contributed by atoms with Crippen LogP contribution in [0.5, 0.6) is 5.75 Å². The largest absolute Gasteiger partial charge is 0.511 e. The molecule has 1 aliphatic rings. The minimum Gasteiger partial charge on any atom is -0.449 e. The lowest BCUT2D eigenvalue weighted by atomic mass is 9.73. The van der Waals surface area contributed by atoms with Crippen LogP contribution in [0, 0.1) is 11.3 Å². The van der Waals surface area contributed by atoms with Gasteiger partial charge >= 0.3 is 6.16 Å². The average molecular weight is 382 g/mol. The van der Waals surface area contributed by atoms with E-state index in [9.17, 15) is 9.59 Å². The summed E-state index contributed by atoms with van der Waals surface area (Å²) < 4.78 is 4.78. The number of fused-ring (bicyclic) bond motifs is 1. The molecule has 2 aromatic carbocycles. The third kappa shape index (κ3) is 4.27. The maximum Gasteiger partial charge on any atom is 0.511 e. The van der Waals surface area contributed by atoms with E-state index in [4.69, 9.17) is 9.84 Å². The molecule has 1 aliphatic heterocycles. The first-order chi connectivity index (χ1) is 13.2. The van der Waals surface area contributed by atoms with Crippen LogP contribution in [0.2, 0.25) is 0 Å². The molecule has 6 nitrogen and oxygen atoms in total. The summed E-state index contributed by atoms with van der Waals surface area (Å²) in [5, 5.41) is 15.3. The van der Waals surface area contributed by atoms with E-state index in [-0.39, 0.29) is 23.3 Å². The number of carboxylic acid groups (broad SMARTS) is 1. The summed E-state index contributed by atoms with van der Waals surface area (Å²) in [7, 11) is 0. The normalized spacial score (nSPS) is 17.4. The van der Waals surface area contributed by atoms with Crippen molar-refractivity contribution in [3.63, 3.8) is 0 Å². The highest BCUT2D eigenvalue weighted by Gasteiger charge is 2.36. The molecule has 0 saturated heterocycles. The number of amides is 1. The molecule has 3 rings (SSSR count). The lowest BCUT2D eigenvalue weighted by Crippen LogP contribution is -2.35. The Kier molecular flexibility index (Phi) is 5.31. The highest BCUT2D eigenvalue weighted by Crippen LogP contribution is 2.45. The number of benzene rings is 2. The Labute approximate surface area is 164 Å². The molecule has 1 atom stereocenters. The van der Waals surface area contributed by atoms with Crippen molar-refractivity contribution in [1.29, 1.82) is 0 Å². The lowest BCUT2D eigenvalue weighted by Gasteiger charge is -2.41. The van der Waals surface area contributed by atoms with Crippen LogP contribution in [0.15, 0.2) is 42.5 Å². The first kappa shape index (κ1) is 19.7. The zero-order chi connectivity index (χ0) is 20.5. The minimum atomic E-state index is -1.31. The van der Waals surface area contributed by atoms with Gasteiger partial charge in [0.25, 0.3) is 0 Å². The summed E-state index contributed by atoms with van der Waals surface area (Å²) in [5.41, 5.74) is 3.81. The van der Waals surface area contributed by atoms with Crippen molar-refractivity contribution in [2.45, 2.75) is 40.2 Å². The molecule has 0 bridgehead atoms.